The molecule has 4 heterocycles. The molecule has 4 aromatic heterocycles. The first-order chi connectivity index (χ1) is 30.2. The van der Waals surface area contributed by atoms with E-state index in [0.717, 1.165) is 71.1 Å². The lowest BCUT2D eigenvalue weighted by Crippen LogP contribution is -1.95. The summed E-state index contributed by atoms with van der Waals surface area (Å²) in [5.74, 6) is 0.684. The Balaban J connectivity index is 1.06. The van der Waals surface area contributed by atoms with Crippen molar-refractivity contribution in [2.45, 2.75) is 0 Å². The maximum Gasteiger partial charge on any atom is 0.161 e. The van der Waals surface area contributed by atoms with E-state index in [1.807, 2.05) is 6.07 Å². The highest BCUT2D eigenvalue weighted by Gasteiger charge is 2.22. The summed E-state index contributed by atoms with van der Waals surface area (Å²) in [4.78, 5) is 10.7. The fourth-order valence-corrected chi connectivity index (χ4v) is 10.6. The van der Waals surface area contributed by atoms with Crippen LogP contribution in [0.3, 0.4) is 0 Å². The van der Waals surface area contributed by atoms with Crippen molar-refractivity contribution in [2.75, 3.05) is 0 Å². The monoisotopic (exact) mass is 795 g/mol. The van der Waals surface area contributed by atoms with Crippen LogP contribution in [0.4, 0.5) is 0 Å². The highest BCUT2D eigenvalue weighted by molar-refractivity contribution is 7.26. The number of hydrogen-bond donors (Lipinski definition) is 0. The standard InChI is InChI=1S/C56H33N3OS/c1-4-15-34(16-5-1)37-27-30-46-45(31-37)51-40-22-11-10-21-39(40)44(35-17-6-2-7-18-35)33-47(51)59(46)38-28-29-41-49(32-38)60-48-25-14-24-43(52(41)48)56-57-53(36-19-8-3-9-20-36)55-54(58-56)42-23-12-13-26-50(42)61-55/h1-33H. The van der Waals surface area contributed by atoms with Gasteiger partial charge in [0.2, 0.25) is 0 Å². The third-order valence-corrected chi connectivity index (χ3v) is 13.4. The number of fused-ring (bicyclic) bond motifs is 11. The number of aromatic nitrogens is 3. The Morgan fingerprint density at radius 2 is 1.11 bits per heavy atom. The SMILES string of the molecule is c1ccc(-c2ccc3c(c2)c2c4ccccc4c(-c4ccccc4)cc2n3-c2ccc3c(c2)oc2cccc(-c4nc(-c5ccccc5)c5sc6ccccc6c5n4)c23)cc1. The van der Waals surface area contributed by atoms with E-state index in [2.05, 4.69) is 199 Å². The minimum absolute atomic E-state index is 0.684. The number of furan rings is 1. The summed E-state index contributed by atoms with van der Waals surface area (Å²) in [5.41, 5.74) is 13.6. The molecule has 13 rings (SSSR count). The highest BCUT2D eigenvalue weighted by Crippen LogP contribution is 2.45. The second kappa shape index (κ2) is 13.3. The maximum atomic E-state index is 6.81. The van der Waals surface area contributed by atoms with Crippen LogP contribution in [0.25, 0.3) is 125 Å². The van der Waals surface area contributed by atoms with Gasteiger partial charge in [-0.05, 0) is 75.5 Å². The lowest BCUT2D eigenvalue weighted by atomic mass is 9.94. The Hall–Kier alpha value is -7.86. The van der Waals surface area contributed by atoms with E-state index in [-0.39, 0.29) is 0 Å². The average molecular weight is 796 g/mol. The van der Waals surface area contributed by atoms with Crippen molar-refractivity contribution >= 4 is 86.2 Å². The molecule has 0 fully saturated rings. The lowest BCUT2D eigenvalue weighted by molar-refractivity contribution is 0.668. The zero-order chi connectivity index (χ0) is 40.0. The summed E-state index contributed by atoms with van der Waals surface area (Å²) in [6.07, 6.45) is 0. The van der Waals surface area contributed by atoms with Gasteiger partial charge in [-0.2, -0.15) is 0 Å². The van der Waals surface area contributed by atoms with E-state index in [1.54, 1.807) is 11.3 Å². The van der Waals surface area contributed by atoms with E-state index in [1.165, 1.54) is 48.5 Å². The molecule has 0 saturated carbocycles. The quantitative estimate of drug-likeness (QED) is 0.174. The third-order valence-electron chi connectivity index (χ3n) is 12.2. The molecular formula is C56H33N3OS. The Morgan fingerprint density at radius 3 is 1.92 bits per heavy atom. The summed E-state index contributed by atoms with van der Waals surface area (Å²) in [6.45, 7) is 0. The van der Waals surface area contributed by atoms with Crippen LogP contribution in [0.1, 0.15) is 0 Å². The van der Waals surface area contributed by atoms with E-state index in [0.29, 0.717) is 5.82 Å². The van der Waals surface area contributed by atoms with E-state index < -0.39 is 0 Å². The predicted octanol–water partition coefficient (Wildman–Crippen LogP) is 15.7. The normalized spacial score (nSPS) is 11.9. The van der Waals surface area contributed by atoms with Gasteiger partial charge in [0.05, 0.1) is 26.9 Å². The fourth-order valence-electron chi connectivity index (χ4n) is 9.47. The fraction of sp³-hybridized carbons (Fsp3) is 0. The zero-order valence-electron chi connectivity index (χ0n) is 32.7. The summed E-state index contributed by atoms with van der Waals surface area (Å²) in [5, 5.41) is 8.08. The molecule has 4 nitrogen and oxygen atoms in total. The molecule has 0 N–H and O–H groups in total. The third kappa shape index (κ3) is 5.24. The molecule has 0 atom stereocenters. The first-order valence-electron chi connectivity index (χ1n) is 20.6. The number of rotatable bonds is 5. The second-order valence-corrected chi connectivity index (χ2v) is 16.7. The molecule has 0 spiro atoms. The van der Waals surface area contributed by atoms with Gasteiger partial charge in [-0.1, -0.05) is 152 Å². The van der Waals surface area contributed by atoms with Crippen LogP contribution >= 0.6 is 11.3 Å². The molecule has 13 aromatic rings. The summed E-state index contributed by atoms with van der Waals surface area (Å²) in [6, 6.07) is 71.3. The first-order valence-corrected chi connectivity index (χ1v) is 21.4. The molecule has 0 radical (unpaired) electrons. The van der Waals surface area contributed by atoms with Crippen molar-refractivity contribution in [1.82, 2.24) is 14.5 Å². The number of benzene rings is 9. The highest BCUT2D eigenvalue weighted by atomic mass is 32.1. The molecule has 0 bridgehead atoms. The van der Waals surface area contributed by atoms with Crippen LogP contribution in [0.2, 0.25) is 0 Å². The van der Waals surface area contributed by atoms with Crippen LogP contribution in [-0.4, -0.2) is 14.5 Å². The van der Waals surface area contributed by atoms with Crippen molar-refractivity contribution in [2.24, 2.45) is 0 Å². The summed E-state index contributed by atoms with van der Waals surface area (Å²) < 4.78 is 11.5. The summed E-state index contributed by atoms with van der Waals surface area (Å²) in [7, 11) is 0. The molecule has 284 valence electrons. The van der Waals surface area contributed by atoms with Gasteiger partial charge in [-0.3, -0.25) is 0 Å². The molecule has 0 aliphatic carbocycles. The molecule has 0 aliphatic rings. The molecule has 61 heavy (non-hydrogen) atoms. The molecule has 0 aliphatic heterocycles. The van der Waals surface area contributed by atoms with Gasteiger partial charge in [0.15, 0.2) is 5.82 Å². The van der Waals surface area contributed by atoms with Gasteiger partial charge in [0.1, 0.15) is 11.2 Å². The van der Waals surface area contributed by atoms with Gasteiger partial charge >= 0.3 is 0 Å². The van der Waals surface area contributed by atoms with Crippen LogP contribution in [0.5, 0.6) is 0 Å². The van der Waals surface area contributed by atoms with E-state index in [4.69, 9.17) is 14.4 Å². The van der Waals surface area contributed by atoms with Crippen molar-refractivity contribution in [1.29, 1.82) is 0 Å². The Kier molecular flexibility index (Phi) is 7.44. The number of thiophene rings is 1. The van der Waals surface area contributed by atoms with Gasteiger partial charge in [-0.15, -0.1) is 11.3 Å². The minimum atomic E-state index is 0.684. The largest absolute Gasteiger partial charge is 0.456 e. The van der Waals surface area contributed by atoms with Crippen LogP contribution in [0.15, 0.2) is 205 Å². The zero-order valence-corrected chi connectivity index (χ0v) is 33.5. The van der Waals surface area contributed by atoms with Gasteiger partial charge in [0, 0.05) is 54.5 Å². The summed E-state index contributed by atoms with van der Waals surface area (Å²) >= 11 is 1.75. The number of nitrogens with zero attached hydrogens (tertiary/aromatic N) is 3. The average Bonchev–Trinajstić information content (AvgIpc) is 4.01. The second-order valence-electron chi connectivity index (χ2n) is 15.7. The van der Waals surface area contributed by atoms with Crippen LogP contribution in [0, 0.1) is 0 Å². The Morgan fingerprint density at radius 1 is 0.410 bits per heavy atom. The van der Waals surface area contributed by atoms with E-state index >= 15 is 0 Å². The van der Waals surface area contributed by atoms with Crippen LogP contribution < -0.4 is 0 Å². The number of hydrogen-bond acceptors (Lipinski definition) is 4. The van der Waals surface area contributed by atoms with Crippen LogP contribution in [-0.2, 0) is 0 Å². The lowest BCUT2D eigenvalue weighted by Gasteiger charge is -2.12. The van der Waals surface area contributed by atoms with E-state index in [9.17, 15) is 0 Å². The van der Waals surface area contributed by atoms with Gasteiger partial charge < -0.3 is 8.98 Å². The Bertz CT molecular complexity index is 3860. The topological polar surface area (TPSA) is 43.9 Å². The predicted molar refractivity (Wildman–Crippen MR) is 256 cm³/mol. The minimum Gasteiger partial charge on any atom is -0.456 e. The molecule has 0 saturated heterocycles. The van der Waals surface area contributed by atoms with Gasteiger partial charge in [0.25, 0.3) is 0 Å². The molecule has 5 heteroatoms. The molecule has 0 unspecified atom stereocenters. The van der Waals surface area contributed by atoms with Crippen molar-refractivity contribution in [3.8, 4) is 50.6 Å². The maximum absolute atomic E-state index is 6.81. The first kappa shape index (κ1) is 34.0. The van der Waals surface area contributed by atoms with Crippen molar-refractivity contribution in [3.63, 3.8) is 0 Å². The van der Waals surface area contributed by atoms with Gasteiger partial charge in [-0.25, -0.2) is 9.97 Å². The van der Waals surface area contributed by atoms with Crippen molar-refractivity contribution in [3.05, 3.63) is 200 Å². The molecular weight excluding hydrogens is 763 g/mol. The Labute approximate surface area is 354 Å². The molecule has 9 aromatic carbocycles. The van der Waals surface area contributed by atoms with Crippen molar-refractivity contribution < 1.29 is 4.42 Å². The molecule has 0 amide bonds. The smallest absolute Gasteiger partial charge is 0.161 e.